The Balaban J connectivity index is 2.17. The van der Waals surface area contributed by atoms with Gasteiger partial charge in [-0.05, 0) is 18.6 Å². The van der Waals surface area contributed by atoms with E-state index in [-0.39, 0.29) is 10.6 Å². The van der Waals surface area contributed by atoms with Crippen molar-refractivity contribution in [3.63, 3.8) is 0 Å². The maximum Gasteiger partial charge on any atom is 0.271 e. The van der Waals surface area contributed by atoms with Crippen LogP contribution in [-0.2, 0) is 11.3 Å². The van der Waals surface area contributed by atoms with Crippen LogP contribution in [0.15, 0.2) is 30.5 Å². The third-order valence-corrected chi connectivity index (χ3v) is 2.79. The van der Waals surface area contributed by atoms with Gasteiger partial charge in [0.1, 0.15) is 0 Å². The van der Waals surface area contributed by atoms with E-state index in [4.69, 9.17) is 4.74 Å². The predicted octanol–water partition coefficient (Wildman–Crippen LogP) is 2.98. The summed E-state index contributed by atoms with van der Waals surface area (Å²) in [7, 11) is 0. The highest BCUT2D eigenvalue weighted by Crippen LogP contribution is 2.21. The van der Waals surface area contributed by atoms with Crippen molar-refractivity contribution < 1.29 is 9.66 Å². The van der Waals surface area contributed by atoms with E-state index in [1.165, 1.54) is 6.07 Å². The summed E-state index contributed by atoms with van der Waals surface area (Å²) in [6.07, 6.45) is 2.93. The van der Waals surface area contributed by atoms with E-state index in [0.29, 0.717) is 13.2 Å². The van der Waals surface area contributed by atoms with Crippen LogP contribution >= 0.6 is 0 Å². The molecule has 0 saturated carbocycles. The van der Waals surface area contributed by atoms with E-state index in [2.05, 4.69) is 6.92 Å². The third kappa shape index (κ3) is 2.68. The number of rotatable bonds is 6. The molecule has 0 N–H and O–H groups in total. The van der Waals surface area contributed by atoms with Gasteiger partial charge in [0.15, 0.2) is 0 Å². The van der Waals surface area contributed by atoms with Crippen LogP contribution in [0.5, 0.6) is 0 Å². The highest BCUT2D eigenvalue weighted by atomic mass is 16.6. The molecule has 0 saturated heterocycles. The molecule has 0 radical (unpaired) electrons. The number of nitro benzene ring substituents is 1. The Morgan fingerprint density at radius 2 is 2.17 bits per heavy atom. The lowest BCUT2D eigenvalue weighted by atomic mass is 10.2. The molecule has 96 valence electrons. The molecule has 5 nitrogen and oxygen atoms in total. The summed E-state index contributed by atoms with van der Waals surface area (Å²) in [6, 6.07) is 6.87. The Hall–Kier alpha value is -1.88. The summed E-state index contributed by atoms with van der Waals surface area (Å²) < 4.78 is 7.41. The topological polar surface area (TPSA) is 57.3 Å². The Morgan fingerprint density at radius 3 is 2.89 bits per heavy atom. The van der Waals surface area contributed by atoms with E-state index >= 15 is 0 Å². The Labute approximate surface area is 105 Å². The van der Waals surface area contributed by atoms with Crippen LogP contribution in [0.1, 0.15) is 13.3 Å². The molecule has 0 fully saturated rings. The Morgan fingerprint density at radius 1 is 1.33 bits per heavy atom. The minimum absolute atomic E-state index is 0.122. The number of nitro groups is 1. The standard InChI is InChI=1S/C13H16N2O3/c1-2-8-18-9-7-14-6-5-11-3-4-12(15(16)17)10-13(11)14/h3-6,10H,2,7-9H2,1H3. The molecule has 0 unspecified atom stereocenters. The van der Waals surface area contributed by atoms with Gasteiger partial charge in [0.25, 0.3) is 5.69 Å². The quantitative estimate of drug-likeness (QED) is 0.448. The van der Waals surface area contributed by atoms with Crippen molar-refractivity contribution in [3.05, 3.63) is 40.6 Å². The van der Waals surface area contributed by atoms with Crippen molar-refractivity contribution in [3.8, 4) is 0 Å². The van der Waals surface area contributed by atoms with Gasteiger partial charge in [0.05, 0.1) is 17.0 Å². The number of ether oxygens (including phenoxy) is 1. The molecule has 0 aliphatic rings. The molecule has 0 atom stereocenters. The average Bonchev–Trinajstić information content (AvgIpc) is 2.77. The first kappa shape index (κ1) is 12.6. The lowest BCUT2D eigenvalue weighted by Crippen LogP contribution is -2.05. The maximum absolute atomic E-state index is 10.7. The molecule has 0 amide bonds. The fourth-order valence-electron chi connectivity index (χ4n) is 1.89. The van der Waals surface area contributed by atoms with Crippen LogP contribution in [0.25, 0.3) is 10.9 Å². The number of hydrogen-bond acceptors (Lipinski definition) is 3. The van der Waals surface area contributed by atoms with Crippen LogP contribution in [0.3, 0.4) is 0 Å². The van der Waals surface area contributed by atoms with E-state index < -0.39 is 0 Å². The van der Waals surface area contributed by atoms with Crippen LogP contribution in [0.4, 0.5) is 5.69 Å². The lowest BCUT2D eigenvalue weighted by molar-refractivity contribution is -0.384. The number of nitrogens with zero attached hydrogens (tertiary/aromatic N) is 2. The van der Waals surface area contributed by atoms with Crippen molar-refractivity contribution >= 4 is 16.6 Å². The van der Waals surface area contributed by atoms with Crippen molar-refractivity contribution in [2.75, 3.05) is 13.2 Å². The molecule has 1 aromatic heterocycles. The van der Waals surface area contributed by atoms with Gasteiger partial charge in [0, 0.05) is 36.9 Å². The first-order valence-electron chi connectivity index (χ1n) is 6.03. The molecular formula is C13H16N2O3. The molecule has 0 aliphatic carbocycles. The Kier molecular flexibility index (Phi) is 3.94. The summed E-state index contributed by atoms with van der Waals surface area (Å²) in [5.41, 5.74) is 1.00. The molecule has 0 spiro atoms. The zero-order valence-electron chi connectivity index (χ0n) is 10.3. The van der Waals surface area contributed by atoms with Gasteiger partial charge in [-0.1, -0.05) is 6.92 Å². The van der Waals surface area contributed by atoms with Gasteiger partial charge in [-0.15, -0.1) is 0 Å². The van der Waals surface area contributed by atoms with Gasteiger partial charge < -0.3 is 9.30 Å². The number of non-ortho nitro benzene ring substituents is 1. The SMILES string of the molecule is CCCOCCn1ccc2ccc([N+](=O)[O-])cc21. The largest absolute Gasteiger partial charge is 0.380 e. The molecular weight excluding hydrogens is 232 g/mol. The van der Waals surface area contributed by atoms with Gasteiger partial charge >= 0.3 is 0 Å². The van der Waals surface area contributed by atoms with Crippen molar-refractivity contribution in [1.29, 1.82) is 0 Å². The molecule has 5 heteroatoms. The summed E-state index contributed by atoms with van der Waals surface area (Å²) in [5.74, 6) is 0. The number of hydrogen-bond donors (Lipinski definition) is 0. The first-order chi connectivity index (χ1) is 8.72. The maximum atomic E-state index is 10.7. The normalized spacial score (nSPS) is 10.9. The van der Waals surface area contributed by atoms with Crippen LogP contribution in [0, 0.1) is 10.1 Å². The van der Waals surface area contributed by atoms with Gasteiger partial charge in [-0.2, -0.15) is 0 Å². The van der Waals surface area contributed by atoms with Crippen LogP contribution in [0.2, 0.25) is 0 Å². The summed E-state index contributed by atoms with van der Waals surface area (Å²) in [4.78, 5) is 10.4. The highest BCUT2D eigenvalue weighted by molar-refractivity contribution is 5.82. The van der Waals surface area contributed by atoms with Gasteiger partial charge in [0.2, 0.25) is 0 Å². The average molecular weight is 248 g/mol. The molecule has 2 aromatic rings. The number of fused-ring (bicyclic) bond motifs is 1. The zero-order valence-corrected chi connectivity index (χ0v) is 10.3. The minimum Gasteiger partial charge on any atom is -0.380 e. The third-order valence-electron chi connectivity index (χ3n) is 2.79. The number of benzene rings is 1. The lowest BCUT2D eigenvalue weighted by Gasteiger charge is -2.06. The van der Waals surface area contributed by atoms with E-state index in [9.17, 15) is 10.1 Å². The van der Waals surface area contributed by atoms with Crippen LogP contribution in [-0.4, -0.2) is 22.7 Å². The Bertz CT molecular complexity index is 548. The monoisotopic (exact) mass is 248 g/mol. The second-order valence-electron chi connectivity index (χ2n) is 4.12. The zero-order chi connectivity index (χ0) is 13.0. The highest BCUT2D eigenvalue weighted by Gasteiger charge is 2.08. The second-order valence-corrected chi connectivity index (χ2v) is 4.12. The van der Waals surface area contributed by atoms with Crippen LogP contribution < -0.4 is 0 Å². The minimum atomic E-state index is -0.371. The summed E-state index contributed by atoms with van der Waals surface area (Å²) in [6.45, 7) is 4.15. The van der Waals surface area contributed by atoms with Crippen molar-refractivity contribution in [1.82, 2.24) is 4.57 Å². The molecule has 0 bridgehead atoms. The number of aromatic nitrogens is 1. The van der Waals surface area contributed by atoms with Gasteiger partial charge in [-0.25, -0.2) is 0 Å². The molecule has 0 aliphatic heterocycles. The van der Waals surface area contributed by atoms with Gasteiger partial charge in [-0.3, -0.25) is 10.1 Å². The second kappa shape index (κ2) is 5.64. The van der Waals surface area contributed by atoms with Crippen molar-refractivity contribution in [2.24, 2.45) is 0 Å². The fourth-order valence-corrected chi connectivity index (χ4v) is 1.89. The summed E-state index contributed by atoms with van der Waals surface area (Å²) in [5, 5.41) is 11.8. The van der Waals surface area contributed by atoms with E-state index in [0.717, 1.165) is 23.9 Å². The molecule has 1 aromatic carbocycles. The summed E-state index contributed by atoms with van der Waals surface area (Å²) >= 11 is 0. The smallest absolute Gasteiger partial charge is 0.271 e. The molecule has 18 heavy (non-hydrogen) atoms. The molecule has 2 rings (SSSR count). The molecule has 1 heterocycles. The first-order valence-corrected chi connectivity index (χ1v) is 6.03. The predicted molar refractivity (Wildman–Crippen MR) is 69.7 cm³/mol. The van der Waals surface area contributed by atoms with E-state index in [1.54, 1.807) is 12.1 Å². The fraction of sp³-hybridized carbons (Fsp3) is 0.385. The van der Waals surface area contributed by atoms with Crippen molar-refractivity contribution in [2.45, 2.75) is 19.9 Å². The van der Waals surface area contributed by atoms with E-state index in [1.807, 2.05) is 16.8 Å².